The van der Waals surface area contributed by atoms with Crippen molar-refractivity contribution in [3.8, 4) is 0 Å². The molecule has 0 radical (unpaired) electrons. The van der Waals surface area contributed by atoms with Gasteiger partial charge in [-0.05, 0) is 45.7 Å². The number of piperidine rings is 1. The Morgan fingerprint density at radius 2 is 2.17 bits per heavy atom. The zero-order chi connectivity index (χ0) is 17.1. The summed E-state index contributed by atoms with van der Waals surface area (Å²) in [7, 11) is 2.10. The van der Waals surface area contributed by atoms with Gasteiger partial charge in [0.25, 0.3) is 0 Å². The third-order valence-corrected chi connectivity index (χ3v) is 4.35. The van der Waals surface area contributed by atoms with E-state index < -0.39 is 0 Å². The maximum absolute atomic E-state index is 11.3. The van der Waals surface area contributed by atoms with Gasteiger partial charge in [-0.1, -0.05) is 13.3 Å². The van der Waals surface area contributed by atoms with E-state index in [9.17, 15) is 4.79 Å². The summed E-state index contributed by atoms with van der Waals surface area (Å²) < 4.78 is 0. The molecule has 0 saturated carbocycles. The molecule has 0 aromatic carbocycles. The quantitative estimate of drug-likeness (QED) is 0.380. The van der Waals surface area contributed by atoms with Crippen LogP contribution in [0.4, 0.5) is 0 Å². The highest BCUT2D eigenvalue weighted by Crippen LogP contribution is 2.15. The predicted octanol–water partition coefficient (Wildman–Crippen LogP) is 1.27. The van der Waals surface area contributed by atoms with Gasteiger partial charge in [-0.15, -0.1) is 0 Å². The summed E-state index contributed by atoms with van der Waals surface area (Å²) in [5.74, 6) is 0.874. The van der Waals surface area contributed by atoms with Crippen LogP contribution in [-0.4, -0.2) is 68.0 Å². The molecule has 3 N–H and O–H groups in total. The Kier molecular flexibility index (Phi) is 9.67. The number of unbranched alkanes of at least 4 members (excludes halogenated alkanes) is 1. The Bertz CT molecular complexity index is 372. The van der Waals surface area contributed by atoms with Crippen LogP contribution in [0.2, 0.25) is 0 Å². The fraction of sp³-hybridized carbons (Fsp3) is 0.882. The van der Waals surface area contributed by atoms with Gasteiger partial charge in [0.2, 0.25) is 5.91 Å². The summed E-state index contributed by atoms with van der Waals surface area (Å²) in [5, 5.41) is 3.35. The number of likely N-dealkylation sites (tertiary alicyclic amines) is 1. The molecule has 1 heterocycles. The largest absolute Gasteiger partial charge is 0.369 e. The summed E-state index contributed by atoms with van der Waals surface area (Å²) in [6.07, 6.45) is 5.40. The molecular weight excluding hydrogens is 290 g/mol. The smallest absolute Gasteiger partial charge is 0.221 e. The molecule has 0 aromatic heterocycles. The van der Waals surface area contributed by atoms with E-state index in [1.54, 1.807) is 0 Å². The molecule has 0 aliphatic carbocycles. The number of nitrogens with one attached hydrogen (secondary N) is 1. The molecule has 0 aromatic rings. The van der Waals surface area contributed by atoms with Crippen LogP contribution < -0.4 is 11.1 Å². The van der Waals surface area contributed by atoms with Crippen molar-refractivity contribution in [3.05, 3.63) is 0 Å². The first-order valence-electron chi connectivity index (χ1n) is 9.09. The van der Waals surface area contributed by atoms with Crippen molar-refractivity contribution in [1.82, 2.24) is 15.1 Å². The summed E-state index contributed by atoms with van der Waals surface area (Å²) in [6, 6.07) is 0. The second-order valence-corrected chi connectivity index (χ2v) is 6.41. The lowest BCUT2D eigenvalue weighted by Crippen LogP contribution is -2.41. The number of hydrogen-bond acceptors (Lipinski definition) is 3. The highest BCUT2D eigenvalue weighted by Gasteiger charge is 2.23. The SMILES string of the molecule is CCCCN(C)C(=NCCCN1CCCC(C(N)=O)C1)NCC. The minimum atomic E-state index is -0.153. The number of rotatable bonds is 9. The van der Waals surface area contributed by atoms with Crippen LogP contribution in [0.5, 0.6) is 0 Å². The fourth-order valence-electron chi connectivity index (χ4n) is 2.94. The number of amides is 1. The van der Waals surface area contributed by atoms with Gasteiger partial charge >= 0.3 is 0 Å². The summed E-state index contributed by atoms with van der Waals surface area (Å²) in [5.41, 5.74) is 5.43. The van der Waals surface area contributed by atoms with Crippen LogP contribution in [0.15, 0.2) is 4.99 Å². The van der Waals surface area contributed by atoms with E-state index in [2.05, 4.69) is 36.0 Å². The number of nitrogens with two attached hydrogens (primary N) is 1. The zero-order valence-corrected chi connectivity index (χ0v) is 15.2. The van der Waals surface area contributed by atoms with Gasteiger partial charge in [0.05, 0.1) is 5.92 Å². The predicted molar refractivity (Wildman–Crippen MR) is 96.5 cm³/mol. The average Bonchev–Trinajstić information content (AvgIpc) is 2.55. The van der Waals surface area contributed by atoms with E-state index in [0.717, 1.165) is 64.5 Å². The number of primary amides is 1. The molecular formula is C17H35N5O. The van der Waals surface area contributed by atoms with Gasteiger partial charge in [0, 0.05) is 33.2 Å². The minimum Gasteiger partial charge on any atom is -0.369 e. The fourth-order valence-corrected chi connectivity index (χ4v) is 2.94. The highest BCUT2D eigenvalue weighted by atomic mass is 16.1. The minimum absolute atomic E-state index is 0.0322. The lowest BCUT2D eigenvalue weighted by Gasteiger charge is -2.30. The topological polar surface area (TPSA) is 74.0 Å². The second-order valence-electron chi connectivity index (χ2n) is 6.41. The Balaban J connectivity index is 2.35. The lowest BCUT2D eigenvalue weighted by atomic mass is 9.97. The van der Waals surface area contributed by atoms with Gasteiger partial charge in [0.15, 0.2) is 5.96 Å². The molecule has 134 valence electrons. The average molecular weight is 326 g/mol. The molecule has 6 nitrogen and oxygen atoms in total. The normalized spacial score (nSPS) is 19.6. The molecule has 1 rings (SSSR count). The van der Waals surface area contributed by atoms with Gasteiger partial charge < -0.3 is 20.9 Å². The van der Waals surface area contributed by atoms with Gasteiger partial charge in [-0.3, -0.25) is 9.79 Å². The molecule has 6 heteroatoms. The highest BCUT2D eigenvalue weighted by molar-refractivity contribution is 5.79. The first-order chi connectivity index (χ1) is 11.1. The van der Waals surface area contributed by atoms with Crippen LogP contribution in [-0.2, 0) is 4.79 Å². The third-order valence-electron chi connectivity index (χ3n) is 4.35. The van der Waals surface area contributed by atoms with Crippen molar-refractivity contribution >= 4 is 11.9 Å². The molecule has 1 aliphatic rings. The molecule has 23 heavy (non-hydrogen) atoms. The number of guanidine groups is 1. The Hall–Kier alpha value is -1.30. The van der Waals surface area contributed by atoms with E-state index >= 15 is 0 Å². The van der Waals surface area contributed by atoms with Crippen LogP contribution >= 0.6 is 0 Å². The number of carbonyl (C=O) groups excluding carboxylic acids is 1. The first kappa shape index (κ1) is 19.7. The summed E-state index contributed by atoms with van der Waals surface area (Å²) in [6.45, 7) is 9.93. The van der Waals surface area contributed by atoms with Crippen molar-refractivity contribution in [3.63, 3.8) is 0 Å². The molecule has 1 atom stereocenters. The van der Waals surface area contributed by atoms with Gasteiger partial charge in [-0.25, -0.2) is 0 Å². The van der Waals surface area contributed by atoms with Crippen molar-refractivity contribution in [2.75, 3.05) is 46.3 Å². The molecule has 1 aliphatic heterocycles. The maximum Gasteiger partial charge on any atom is 0.221 e. The zero-order valence-electron chi connectivity index (χ0n) is 15.2. The van der Waals surface area contributed by atoms with Crippen LogP contribution in [0.3, 0.4) is 0 Å². The van der Waals surface area contributed by atoms with Crippen LogP contribution in [0.25, 0.3) is 0 Å². The third kappa shape index (κ3) is 7.68. The standard InChI is InChI=1S/C17H35N5O/c1-4-6-11-21(3)17(19-5-2)20-10-8-13-22-12-7-9-15(14-22)16(18)23/h15H,4-14H2,1-3H3,(H2,18,23)(H,19,20). The molecule has 0 bridgehead atoms. The van der Waals surface area contributed by atoms with Crippen molar-refractivity contribution in [2.24, 2.45) is 16.6 Å². The van der Waals surface area contributed by atoms with E-state index in [0.29, 0.717) is 0 Å². The van der Waals surface area contributed by atoms with Gasteiger partial charge in [0.1, 0.15) is 0 Å². The van der Waals surface area contributed by atoms with E-state index in [1.165, 1.54) is 12.8 Å². The van der Waals surface area contributed by atoms with Crippen molar-refractivity contribution < 1.29 is 4.79 Å². The van der Waals surface area contributed by atoms with E-state index in [4.69, 9.17) is 10.7 Å². The second kappa shape index (κ2) is 11.3. The summed E-state index contributed by atoms with van der Waals surface area (Å²) >= 11 is 0. The number of nitrogens with zero attached hydrogens (tertiary/aromatic N) is 3. The molecule has 1 saturated heterocycles. The summed E-state index contributed by atoms with van der Waals surface area (Å²) in [4.78, 5) is 20.6. The lowest BCUT2D eigenvalue weighted by molar-refractivity contribution is -0.123. The number of hydrogen-bond donors (Lipinski definition) is 2. The Morgan fingerprint density at radius 1 is 1.39 bits per heavy atom. The molecule has 1 amide bonds. The number of carbonyl (C=O) groups is 1. The van der Waals surface area contributed by atoms with E-state index in [-0.39, 0.29) is 11.8 Å². The molecule has 1 unspecified atom stereocenters. The van der Waals surface area contributed by atoms with Crippen LogP contribution in [0.1, 0.15) is 46.0 Å². The van der Waals surface area contributed by atoms with Crippen molar-refractivity contribution in [1.29, 1.82) is 0 Å². The molecule has 1 fully saturated rings. The van der Waals surface area contributed by atoms with Crippen molar-refractivity contribution in [2.45, 2.75) is 46.0 Å². The van der Waals surface area contributed by atoms with Crippen LogP contribution in [0, 0.1) is 5.92 Å². The number of aliphatic imine (C=N–C) groups is 1. The monoisotopic (exact) mass is 325 g/mol. The Morgan fingerprint density at radius 3 is 2.83 bits per heavy atom. The van der Waals surface area contributed by atoms with E-state index in [1.807, 2.05) is 0 Å². The maximum atomic E-state index is 11.3. The van der Waals surface area contributed by atoms with Gasteiger partial charge in [-0.2, -0.15) is 0 Å². The molecule has 0 spiro atoms. The first-order valence-corrected chi connectivity index (χ1v) is 9.09. The Labute approximate surface area is 141 Å².